The maximum Gasteiger partial charge on any atom is 0.159 e. The first-order valence-corrected chi connectivity index (χ1v) is 16.3. The number of hydrogen-bond donors (Lipinski definition) is 0. The third-order valence-corrected chi connectivity index (χ3v) is 9.88. The van der Waals surface area contributed by atoms with Crippen LogP contribution >= 0.6 is 0 Å². The SMILES string of the molecule is CC1(C)c2ccccc2-c2cc(-c3cccc(N(c4ccc(-c5ccccc5)cc4)c4cccc5c4oc4ccccc45)c3)ccc21. The van der Waals surface area contributed by atoms with Crippen LogP contribution in [0.3, 0.4) is 0 Å². The summed E-state index contributed by atoms with van der Waals surface area (Å²) in [7, 11) is 0. The van der Waals surface area contributed by atoms with Crippen LogP contribution in [0.15, 0.2) is 168 Å². The quantitative estimate of drug-likeness (QED) is 0.195. The molecule has 9 rings (SSSR count). The van der Waals surface area contributed by atoms with Gasteiger partial charge in [0.05, 0.1) is 5.69 Å². The predicted molar refractivity (Wildman–Crippen MR) is 197 cm³/mol. The Kier molecular flexibility index (Phi) is 6.20. The summed E-state index contributed by atoms with van der Waals surface area (Å²) in [4.78, 5) is 2.33. The Bertz CT molecular complexity index is 2430. The number of rotatable bonds is 5. The molecule has 2 heteroatoms. The van der Waals surface area contributed by atoms with Gasteiger partial charge in [-0.3, -0.25) is 0 Å². The molecule has 0 aliphatic heterocycles. The molecule has 0 saturated heterocycles. The Hall–Kier alpha value is -5.86. The monoisotopic (exact) mass is 603 g/mol. The number of anilines is 3. The number of fused-ring (bicyclic) bond motifs is 6. The third kappa shape index (κ3) is 4.40. The van der Waals surface area contributed by atoms with Crippen molar-refractivity contribution in [1.29, 1.82) is 0 Å². The van der Waals surface area contributed by atoms with Crippen molar-refractivity contribution in [3.8, 4) is 33.4 Å². The van der Waals surface area contributed by atoms with Crippen molar-refractivity contribution >= 4 is 39.0 Å². The number of nitrogens with zero attached hydrogens (tertiary/aromatic N) is 1. The van der Waals surface area contributed by atoms with E-state index >= 15 is 0 Å². The maximum absolute atomic E-state index is 6.58. The minimum atomic E-state index is -0.0136. The van der Waals surface area contributed by atoms with Crippen molar-refractivity contribution in [1.82, 2.24) is 0 Å². The second kappa shape index (κ2) is 10.6. The fraction of sp³-hybridized carbons (Fsp3) is 0.0667. The molecule has 0 atom stereocenters. The van der Waals surface area contributed by atoms with Gasteiger partial charge in [-0.2, -0.15) is 0 Å². The fourth-order valence-corrected chi connectivity index (χ4v) is 7.49. The zero-order chi connectivity index (χ0) is 31.5. The van der Waals surface area contributed by atoms with Crippen molar-refractivity contribution in [3.63, 3.8) is 0 Å². The lowest BCUT2D eigenvalue weighted by atomic mass is 9.82. The van der Waals surface area contributed by atoms with Gasteiger partial charge in [-0.25, -0.2) is 0 Å². The van der Waals surface area contributed by atoms with Gasteiger partial charge in [0, 0.05) is 27.6 Å². The molecule has 2 nitrogen and oxygen atoms in total. The number of furan rings is 1. The van der Waals surface area contributed by atoms with Crippen LogP contribution in [0, 0.1) is 0 Å². The van der Waals surface area contributed by atoms with E-state index in [1.54, 1.807) is 0 Å². The van der Waals surface area contributed by atoms with Crippen molar-refractivity contribution in [3.05, 3.63) is 175 Å². The van der Waals surface area contributed by atoms with Crippen LogP contribution in [0.1, 0.15) is 25.0 Å². The van der Waals surface area contributed by atoms with E-state index in [1.165, 1.54) is 44.5 Å². The van der Waals surface area contributed by atoms with Crippen LogP contribution in [0.5, 0.6) is 0 Å². The van der Waals surface area contributed by atoms with Gasteiger partial charge in [0.1, 0.15) is 5.58 Å². The Morgan fingerprint density at radius 1 is 0.447 bits per heavy atom. The molecule has 7 aromatic carbocycles. The van der Waals surface area contributed by atoms with Gasteiger partial charge in [0.25, 0.3) is 0 Å². The van der Waals surface area contributed by atoms with Crippen LogP contribution in [-0.2, 0) is 5.41 Å². The predicted octanol–water partition coefficient (Wildman–Crippen LogP) is 12.7. The lowest BCUT2D eigenvalue weighted by molar-refractivity contribution is 0.660. The van der Waals surface area contributed by atoms with Gasteiger partial charge >= 0.3 is 0 Å². The van der Waals surface area contributed by atoms with E-state index in [9.17, 15) is 0 Å². The average Bonchev–Trinajstić information content (AvgIpc) is 3.62. The topological polar surface area (TPSA) is 16.4 Å². The normalized spacial score (nSPS) is 13.1. The molecule has 47 heavy (non-hydrogen) atoms. The lowest BCUT2D eigenvalue weighted by Gasteiger charge is -2.26. The third-order valence-electron chi connectivity index (χ3n) is 9.88. The summed E-state index contributed by atoms with van der Waals surface area (Å²) in [5.41, 5.74) is 15.1. The van der Waals surface area contributed by atoms with Gasteiger partial charge in [0.2, 0.25) is 0 Å². The summed E-state index contributed by atoms with van der Waals surface area (Å²) in [6, 6.07) is 58.8. The molecule has 1 aliphatic rings. The van der Waals surface area contributed by atoms with Crippen molar-refractivity contribution in [2.45, 2.75) is 19.3 Å². The molecule has 0 N–H and O–H groups in total. The molecule has 0 fully saturated rings. The molecular weight excluding hydrogens is 571 g/mol. The van der Waals surface area contributed by atoms with Crippen molar-refractivity contribution in [2.24, 2.45) is 0 Å². The first-order valence-electron chi connectivity index (χ1n) is 16.3. The first-order chi connectivity index (χ1) is 23.1. The summed E-state index contributed by atoms with van der Waals surface area (Å²) >= 11 is 0. The Labute approximate surface area is 275 Å². The second-order valence-electron chi connectivity index (χ2n) is 13.0. The molecule has 0 spiro atoms. The Morgan fingerprint density at radius 3 is 1.96 bits per heavy atom. The van der Waals surface area contributed by atoms with Crippen LogP contribution in [0.25, 0.3) is 55.3 Å². The van der Waals surface area contributed by atoms with Gasteiger partial charge in [-0.15, -0.1) is 0 Å². The van der Waals surface area contributed by atoms with E-state index in [1.807, 2.05) is 12.1 Å². The number of benzene rings is 7. The summed E-state index contributed by atoms with van der Waals surface area (Å²) in [5, 5.41) is 2.24. The first kappa shape index (κ1) is 27.5. The summed E-state index contributed by atoms with van der Waals surface area (Å²) in [5.74, 6) is 0. The molecule has 0 amide bonds. The van der Waals surface area contributed by atoms with E-state index < -0.39 is 0 Å². The Morgan fingerprint density at radius 2 is 1.09 bits per heavy atom. The standard InChI is InChI=1S/C45H33NO/c1-45(2)40-19-8-6-16-36(40)39-29-33(24-27-41(39)45)32-14-10-15-35(28-32)46(34-25-22-31(23-26-34)30-12-4-3-5-13-30)42-20-11-18-38-37-17-7-9-21-43(37)47-44(38)42/h3-29H,1-2H3. The zero-order valence-corrected chi connectivity index (χ0v) is 26.4. The highest BCUT2D eigenvalue weighted by Crippen LogP contribution is 2.50. The second-order valence-corrected chi connectivity index (χ2v) is 13.0. The molecule has 224 valence electrons. The van der Waals surface area contributed by atoms with Gasteiger partial charge in [0.15, 0.2) is 5.58 Å². The lowest BCUT2D eigenvalue weighted by Crippen LogP contribution is -2.14. The highest BCUT2D eigenvalue weighted by molar-refractivity contribution is 6.10. The van der Waals surface area contributed by atoms with E-state index in [0.29, 0.717) is 0 Å². The highest BCUT2D eigenvalue weighted by Gasteiger charge is 2.35. The largest absolute Gasteiger partial charge is 0.454 e. The molecule has 0 radical (unpaired) electrons. The smallest absolute Gasteiger partial charge is 0.159 e. The molecule has 1 aliphatic carbocycles. The molecule has 8 aromatic rings. The summed E-state index contributed by atoms with van der Waals surface area (Å²) in [6.45, 7) is 4.66. The summed E-state index contributed by atoms with van der Waals surface area (Å²) in [6.07, 6.45) is 0. The molecule has 0 unspecified atom stereocenters. The van der Waals surface area contributed by atoms with Crippen LogP contribution in [0.2, 0.25) is 0 Å². The van der Waals surface area contributed by atoms with E-state index in [4.69, 9.17) is 4.42 Å². The zero-order valence-electron chi connectivity index (χ0n) is 26.4. The molecule has 0 bridgehead atoms. The van der Waals surface area contributed by atoms with Gasteiger partial charge < -0.3 is 9.32 Å². The minimum absolute atomic E-state index is 0.0136. The van der Waals surface area contributed by atoms with Crippen LogP contribution in [-0.4, -0.2) is 0 Å². The average molecular weight is 604 g/mol. The van der Waals surface area contributed by atoms with E-state index in [-0.39, 0.29) is 5.41 Å². The summed E-state index contributed by atoms with van der Waals surface area (Å²) < 4.78 is 6.58. The molecular formula is C45H33NO. The van der Waals surface area contributed by atoms with Crippen LogP contribution < -0.4 is 4.90 Å². The molecule has 0 saturated carbocycles. The molecule has 1 aromatic heterocycles. The fourth-order valence-electron chi connectivity index (χ4n) is 7.49. The minimum Gasteiger partial charge on any atom is -0.454 e. The van der Waals surface area contributed by atoms with Gasteiger partial charge in [-0.05, 0) is 87.0 Å². The Balaban J connectivity index is 1.21. The van der Waals surface area contributed by atoms with E-state index in [2.05, 4.69) is 170 Å². The number of para-hydroxylation sites is 2. The maximum atomic E-state index is 6.58. The van der Waals surface area contributed by atoms with Crippen molar-refractivity contribution in [2.75, 3.05) is 4.90 Å². The number of hydrogen-bond acceptors (Lipinski definition) is 2. The molecule has 1 heterocycles. The highest BCUT2D eigenvalue weighted by atomic mass is 16.3. The van der Waals surface area contributed by atoms with Crippen molar-refractivity contribution < 1.29 is 4.42 Å². The van der Waals surface area contributed by atoms with E-state index in [0.717, 1.165) is 39.0 Å². The van der Waals surface area contributed by atoms with Gasteiger partial charge in [-0.1, -0.05) is 135 Å². The van der Waals surface area contributed by atoms with Crippen LogP contribution in [0.4, 0.5) is 17.1 Å².